The van der Waals surface area contributed by atoms with Crippen molar-refractivity contribution in [3.05, 3.63) is 59.5 Å². The van der Waals surface area contributed by atoms with Crippen molar-refractivity contribution in [1.29, 1.82) is 5.26 Å². The maximum absolute atomic E-state index is 13.0. The number of halogens is 1. The van der Waals surface area contributed by atoms with Gasteiger partial charge in [0.15, 0.2) is 0 Å². The lowest BCUT2D eigenvalue weighted by Crippen LogP contribution is -2.35. The second-order valence-corrected chi connectivity index (χ2v) is 5.63. The van der Waals surface area contributed by atoms with Gasteiger partial charge in [-0.3, -0.25) is 4.79 Å². The van der Waals surface area contributed by atoms with Crippen molar-refractivity contribution in [3.8, 4) is 6.07 Å². The third kappa shape index (κ3) is 3.35. The fraction of sp³-hybridized carbons (Fsp3) is 0.278. The van der Waals surface area contributed by atoms with Gasteiger partial charge in [0.2, 0.25) is 0 Å². The van der Waals surface area contributed by atoms with Crippen LogP contribution in [0.2, 0.25) is 0 Å². The first-order chi connectivity index (χ1) is 11.7. The van der Waals surface area contributed by atoms with Gasteiger partial charge in [-0.15, -0.1) is 0 Å². The van der Waals surface area contributed by atoms with Gasteiger partial charge < -0.3 is 9.80 Å². The lowest BCUT2D eigenvalue weighted by molar-refractivity contribution is 0.0767. The van der Waals surface area contributed by atoms with Gasteiger partial charge in [-0.2, -0.15) is 5.26 Å². The monoisotopic (exact) mass is 324 g/mol. The zero-order valence-electron chi connectivity index (χ0n) is 13.2. The van der Waals surface area contributed by atoms with Gasteiger partial charge in [0, 0.05) is 37.9 Å². The molecule has 6 heteroatoms. The average Bonchev–Trinajstić information content (AvgIpc) is 2.88. The van der Waals surface area contributed by atoms with Gasteiger partial charge in [-0.1, -0.05) is 0 Å². The number of hydrogen-bond acceptors (Lipinski definition) is 4. The Kier molecular flexibility index (Phi) is 4.71. The lowest BCUT2D eigenvalue weighted by Gasteiger charge is -2.23. The summed E-state index contributed by atoms with van der Waals surface area (Å²) in [4.78, 5) is 20.7. The zero-order valence-corrected chi connectivity index (χ0v) is 13.2. The normalized spacial score (nSPS) is 14.8. The standard InChI is InChI=1S/C18H17FN4O/c19-16-6-4-14(5-7-16)18(24)23-10-2-9-22(11-12-23)17-15(13-20)3-1-8-21-17/h1,3-8H,2,9-12H2. The summed E-state index contributed by atoms with van der Waals surface area (Å²) in [6.07, 6.45) is 2.46. The largest absolute Gasteiger partial charge is 0.354 e. The number of carbonyl (C=O) groups is 1. The topological polar surface area (TPSA) is 60.2 Å². The molecule has 5 nitrogen and oxygen atoms in total. The predicted molar refractivity (Wildman–Crippen MR) is 88.1 cm³/mol. The first-order valence-electron chi connectivity index (χ1n) is 7.84. The van der Waals surface area contributed by atoms with E-state index in [1.54, 1.807) is 23.2 Å². The third-order valence-electron chi connectivity index (χ3n) is 4.08. The number of nitriles is 1. The minimum Gasteiger partial charge on any atom is -0.354 e. The van der Waals surface area contributed by atoms with Crippen molar-refractivity contribution >= 4 is 11.7 Å². The van der Waals surface area contributed by atoms with Crippen molar-refractivity contribution in [2.75, 3.05) is 31.1 Å². The van der Waals surface area contributed by atoms with Crippen LogP contribution in [0.5, 0.6) is 0 Å². The molecule has 0 unspecified atom stereocenters. The molecule has 1 aliphatic rings. The van der Waals surface area contributed by atoms with Gasteiger partial charge in [-0.05, 0) is 42.8 Å². The molecule has 0 spiro atoms. The number of nitrogens with zero attached hydrogens (tertiary/aromatic N) is 4. The fourth-order valence-corrected chi connectivity index (χ4v) is 2.84. The summed E-state index contributed by atoms with van der Waals surface area (Å²) in [6.45, 7) is 2.51. The summed E-state index contributed by atoms with van der Waals surface area (Å²) in [5.74, 6) is 0.210. The van der Waals surface area contributed by atoms with Crippen LogP contribution in [-0.4, -0.2) is 42.0 Å². The highest BCUT2D eigenvalue weighted by Crippen LogP contribution is 2.19. The van der Waals surface area contributed by atoms with Gasteiger partial charge in [0.25, 0.3) is 5.91 Å². The molecular weight excluding hydrogens is 307 g/mol. The molecule has 1 aromatic heterocycles. The Morgan fingerprint density at radius 3 is 2.67 bits per heavy atom. The third-order valence-corrected chi connectivity index (χ3v) is 4.08. The number of anilines is 1. The number of rotatable bonds is 2. The fourth-order valence-electron chi connectivity index (χ4n) is 2.84. The summed E-state index contributed by atoms with van der Waals surface area (Å²) in [7, 11) is 0. The van der Waals surface area contributed by atoms with Crippen molar-refractivity contribution in [1.82, 2.24) is 9.88 Å². The number of carbonyl (C=O) groups excluding carboxylic acids is 1. The molecule has 24 heavy (non-hydrogen) atoms. The van der Waals surface area contributed by atoms with Crippen LogP contribution < -0.4 is 4.90 Å². The van der Waals surface area contributed by atoms with Crippen LogP contribution in [0, 0.1) is 17.1 Å². The number of amides is 1. The molecule has 1 aliphatic heterocycles. The smallest absolute Gasteiger partial charge is 0.253 e. The minimum absolute atomic E-state index is 0.0987. The molecule has 0 radical (unpaired) electrons. The Labute approximate surface area is 139 Å². The van der Waals surface area contributed by atoms with E-state index in [9.17, 15) is 14.4 Å². The van der Waals surface area contributed by atoms with E-state index in [2.05, 4.69) is 11.1 Å². The molecule has 2 aromatic rings. The molecule has 2 heterocycles. The summed E-state index contributed by atoms with van der Waals surface area (Å²) >= 11 is 0. The van der Waals surface area contributed by atoms with Crippen LogP contribution in [0.4, 0.5) is 10.2 Å². The molecule has 1 amide bonds. The first kappa shape index (κ1) is 15.9. The molecular formula is C18H17FN4O. The molecule has 0 bridgehead atoms. The van der Waals surface area contributed by atoms with Crippen molar-refractivity contribution in [3.63, 3.8) is 0 Å². The van der Waals surface area contributed by atoms with E-state index in [0.29, 0.717) is 36.6 Å². The predicted octanol–water partition coefficient (Wildman–Crippen LogP) is 2.44. The Morgan fingerprint density at radius 2 is 1.92 bits per heavy atom. The molecule has 0 aliphatic carbocycles. The second-order valence-electron chi connectivity index (χ2n) is 5.63. The zero-order chi connectivity index (χ0) is 16.9. The molecule has 3 rings (SSSR count). The molecule has 122 valence electrons. The van der Waals surface area contributed by atoms with Gasteiger partial charge in [0.05, 0.1) is 5.56 Å². The summed E-state index contributed by atoms with van der Waals surface area (Å²) in [5, 5.41) is 9.22. The van der Waals surface area contributed by atoms with E-state index < -0.39 is 0 Å². The van der Waals surface area contributed by atoms with Gasteiger partial charge in [0.1, 0.15) is 17.7 Å². The van der Waals surface area contributed by atoms with Gasteiger partial charge in [-0.25, -0.2) is 9.37 Å². The quantitative estimate of drug-likeness (QED) is 0.851. The highest BCUT2D eigenvalue weighted by molar-refractivity contribution is 5.94. The van der Waals surface area contributed by atoms with Crippen LogP contribution >= 0.6 is 0 Å². The summed E-state index contributed by atoms with van der Waals surface area (Å²) in [5.41, 5.74) is 1.02. The van der Waals surface area contributed by atoms with E-state index in [1.165, 1.54) is 24.3 Å². The highest BCUT2D eigenvalue weighted by Gasteiger charge is 2.22. The van der Waals surface area contributed by atoms with E-state index in [4.69, 9.17) is 0 Å². The maximum Gasteiger partial charge on any atom is 0.253 e. The SMILES string of the molecule is N#Cc1cccnc1N1CCCN(C(=O)c2ccc(F)cc2)CC1. The Balaban J connectivity index is 1.72. The second kappa shape index (κ2) is 7.09. The molecule has 0 saturated carbocycles. The Hall–Kier alpha value is -2.94. The van der Waals surface area contributed by atoms with E-state index >= 15 is 0 Å². The van der Waals surface area contributed by atoms with Crippen molar-refractivity contribution in [2.45, 2.75) is 6.42 Å². The molecule has 1 aromatic carbocycles. The van der Waals surface area contributed by atoms with E-state index in [1.807, 2.05) is 4.90 Å². The lowest BCUT2D eigenvalue weighted by atomic mass is 10.2. The Bertz CT molecular complexity index is 769. The van der Waals surface area contributed by atoms with Crippen LogP contribution in [0.1, 0.15) is 22.3 Å². The van der Waals surface area contributed by atoms with Gasteiger partial charge >= 0.3 is 0 Å². The molecule has 1 saturated heterocycles. The summed E-state index contributed by atoms with van der Waals surface area (Å²) in [6, 6.07) is 11.2. The molecule has 1 fully saturated rings. The van der Waals surface area contributed by atoms with Crippen LogP contribution in [0.3, 0.4) is 0 Å². The number of aromatic nitrogens is 1. The average molecular weight is 324 g/mol. The number of pyridine rings is 1. The van der Waals surface area contributed by atoms with Crippen LogP contribution in [-0.2, 0) is 0 Å². The van der Waals surface area contributed by atoms with E-state index in [0.717, 1.165) is 13.0 Å². The van der Waals surface area contributed by atoms with Crippen molar-refractivity contribution in [2.24, 2.45) is 0 Å². The Morgan fingerprint density at radius 1 is 1.12 bits per heavy atom. The number of benzene rings is 1. The van der Waals surface area contributed by atoms with Crippen LogP contribution in [0.25, 0.3) is 0 Å². The highest BCUT2D eigenvalue weighted by atomic mass is 19.1. The number of hydrogen-bond donors (Lipinski definition) is 0. The van der Waals surface area contributed by atoms with Crippen LogP contribution in [0.15, 0.2) is 42.6 Å². The first-order valence-corrected chi connectivity index (χ1v) is 7.84. The summed E-state index contributed by atoms with van der Waals surface area (Å²) < 4.78 is 13.0. The molecule has 0 atom stereocenters. The maximum atomic E-state index is 13.0. The van der Waals surface area contributed by atoms with Crippen molar-refractivity contribution < 1.29 is 9.18 Å². The van der Waals surface area contributed by atoms with E-state index in [-0.39, 0.29) is 11.7 Å². The molecule has 0 N–H and O–H groups in total. The minimum atomic E-state index is -0.354.